The predicted octanol–water partition coefficient (Wildman–Crippen LogP) is 8.25. The van der Waals surface area contributed by atoms with Crippen LogP contribution in [-0.2, 0) is 6.16 Å². The van der Waals surface area contributed by atoms with Crippen molar-refractivity contribution in [3.05, 3.63) is 151 Å². The zero-order valence-corrected chi connectivity index (χ0v) is 23.4. The Morgan fingerprint density at radius 1 is 0.590 bits per heavy atom. The van der Waals surface area contributed by atoms with Crippen LogP contribution in [0.5, 0.6) is 0 Å². The Labute approximate surface area is 230 Å². The fourth-order valence-electron chi connectivity index (χ4n) is 6.24. The molecule has 0 bridgehead atoms. The summed E-state index contributed by atoms with van der Waals surface area (Å²) in [5.74, 6) is -0.213. The van der Waals surface area contributed by atoms with Crippen LogP contribution in [0.4, 0.5) is 4.39 Å². The third-order valence-corrected chi connectivity index (χ3v) is 12.7. The number of benzene rings is 5. The second-order valence-electron chi connectivity index (χ2n) is 10.5. The van der Waals surface area contributed by atoms with Crippen LogP contribution in [0, 0.1) is 5.82 Å². The quantitative estimate of drug-likeness (QED) is 0.184. The molecule has 5 aromatic carbocycles. The second kappa shape index (κ2) is 10.6. The molecule has 0 aliphatic heterocycles. The Morgan fingerprint density at radius 3 is 1.54 bits per heavy atom. The fourth-order valence-corrected chi connectivity index (χ4v) is 11.0. The number of rotatable bonds is 7. The maximum absolute atomic E-state index is 14.1. The number of hydrogen-bond acceptors (Lipinski definition) is 0. The van der Waals surface area contributed by atoms with Gasteiger partial charge in [-0.25, -0.2) is 0 Å². The summed E-state index contributed by atoms with van der Waals surface area (Å²) < 4.78 is 16.6. The van der Waals surface area contributed by atoms with Crippen molar-refractivity contribution in [3.63, 3.8) is 0 Å². The maximum atomic E-state index is 14.1. The van der Waals surface area contributed by atoms with E-state index in [1.165, 1.54) is 38.1 Å². The van der Waals surface area contributed by atoms with E-state index < -0.39 is 7.26 Å². The molecule has 1 heterocycles. The topological polar surface area (TPSA) is 4.93 Å². The third-order valence-electron chi connectivity index (χ3n) is 7.89. The summed E-state index contributed by atoms with van der Waals surface area (Å²) in [5, 5.41) is 5.36. The first kappa shape index (κ1) is 25.3. The van der Waals surface area contributed by atoms with Crippen LogP contribution in [0.2, 0.25) is 0 Å². The molecule has 6 aromatic rings. The fraction of sp³-hybridized carbons (Fsp3) is 0.111. The van der Waals surface area contributed by atoms with Crippen molar-refractivity contribution < 1.29 is 4.39 Å². The van der Waals surface area contributed by atoms with Gasteiger partial charge in [-0.15, -0.1) is 0 Å². The SMILES string of the molecule is CC(C)n1c(C[PH](c2ccccc2)(c2ccccc2)c2ccccc2)c(-c2ccc(F)cc2)c2ccccc21. The molecule has 39 heavy (non-hydrogen) atoms. The van der Waals surface area contributed by atoms with Gasteiger partial charge in [0.1, 0.15) is 0 Å². The average Bonchev–Trinajstić information content (AvgIpc) is 3.31. The molecule has 0 spiro atoms. The molecular formula is C36H33FNP. The van der Waals surface area contributed by atoms with Gasteiger partial charge in [0.25, 0.3) is 0 Å². The molecule has 0 saturated carbocycles. The molecule has 194 valence electrons. The van der Waals surface area contributed by atoms with Gasteiger partial charge >= 0.3 is 231 Å². The van der Waals surface area contributed by atoms with Crippen molar-refractivity contribution in [2.45, 2.75) is 26.1 Å². The van der Waals surface area contributed by atoms with Crippen LogP contribution >= 0.6 is 7.26 Å². The minimum absolute atomic E-state index is 0.213. The first-order valence-electron chi connectivity index (χ1n) is 13.6. The molecule has 0 fully saturated rings. The first-order valence-corrected chi connectivity index (χ1v) is 15.8. The standard InChI is InChI=1S/C36H33FNP/c1-27(2)38-34-21-13-12-20-33(34)36(28-22-24-29(37)25-23-28)35(38)26-39(30-14-6-3-7-15-30,31-16-8-4-9-17-31)32-18-10-5-11-19-32/h3-25,27,39H,26H2,1-2H3. The van der Waals surface area contributed by atoms with Crippen LogP contribution in [0.1, 0.15) is 25.6 Å². The van der Waals surface area contributed by atoms with Gasteiger partial charge in [0, 0.05) is 0 Å². The van der Waals surface area contributed by atoms with Gasteiger partial charge in [-0.1, -0.05) is 0 Å². The molecule has 6 rings (SSSR count). The Morgan fingerprint density at radius 2 is 1.05 bits per heavy atom. The Kier molecular flexibility index (Phi) is 6.90. The summed E-state index contributed by atoms with van der Waals surface area (Å²) in [5.41, 5.74) is 4.79. The molecule has 0 atom stereocenters. The van der Waals surface area contributed by atoms with Crippen LogP contribution in [0.25, 0.3) is 22.0 Å². The molecule has 1 aromatic heterocycles. The van der Waals surface area contributed by atoms with Crippen LogP contribution in [0.15, 0.2) is 140 Å². The van der Waals surface area contributed by atoms with E-state index in [-0.39, 0.29) is 11.9 Å². The van der Waals surface area contributed by atoms with E-state index in [1.54, 1.807) is 12.1 Å². The Hall–Kier alpha value is -4.00. The number of halogens is 1. The first-order chi connectivity index (χ1) is 19.1. The number of para-hydroxylation sites is 1. The summed E-state index contributed by atoms with van der Waals surface area (Å²) in [6.07, 6.45) is 0.880. The number of aromatic nitrogens is 1. The number of hydrogen-bond donors (Lipinski definition) is 0. The normalized spacial score (nSPS) is 12.2. The van der Waals surface area contributed by atoms with Crippen molar-refractivity contribution in [2.75, 3.05) is 0 Å². The molecule has 0 amide bonds. The molecule has 1 nitrogen and oxygen atoms in total. The molecule has 0 saturated heterocycles. The van der Waals surface area contributed by atoms with E-state index in [0.29, 0.717) is 0 Å². The minimum atomic E-state index is -2.57. The third kappa shape index (κ3) is 4.50. The van der Waals surface area contributed by atoms with Crippen LogP contribution in [0.3, 0.4) is 0 Å². The van der Waals surface area contributed by atoms with E-state index in [0.717, 1.165) is 11.7 Å². The van der Waals surface area contributed by atoms with Crippen molar-refractivity contribution in [3.8, 4) is 11.1 Å². The summed E-state index contributed by atoms with van der Waals surface area (Å²) in [4.78, 5) is 0. The van der Waals surface area contributed by atoms with Gasteiger partial charge in [0.15, 0.2) is 0 Å². The van der Waals surface area contributed by atoms with E-state index in [1.807, 2.05) is 12.1 Å². The second-order valence-corrected chi connectivity index (χ2v) is 14.4. The monoisotopic (exact) mass is 529 g/mol. The van der Waals surface area contributed by atoms with Gasteiger partial charge in [0.2, 0.25) is 0 Å². The van der Waals surface area contributed by atoms with Gasteiger partial charge in [-0.05, 0) is 0 Å². The molecule has 0 unspecified atom stereocenters. The molecule has 0 aliphatic rings. The van der Waals surface area contributed by atoms with Crippen LogP contribution < -0.4 is 15.9 Å². The summed E-state index contributed by atoms with van der Waals surface area (Å²) >= 11 is 0. The van der Waals surface area contributed by atoms with Crippen LogP contribution in [-0.4, -0.2) is 4.57 Å². The summed E-state index contributed by atoms with van der Waals surface area (Å²) in [7, 11) is -2.57. The molecule has 3 heteroatoms. The van der Waals surface area contributed by atoms with Gasteiger partial charge in [-0.3, -0.25) is 0 Å². The summed E-state index contributed by atoms with van der Waals surface area (Å²) in [6.45, 7) is 4.53. The molecular weight excluding hydrogens is 496 g/mol. The molecule has 0 N–H and O–H groups in total. The van der Waals surface area contributed by atoms with Gasteiger partial charge in [-0.2, -0.15) is 0 Å². The van der Waals surface area contributed by atoms with Gasteiger partial charge < -0.3 is 0 Å². The van der Waals surface area contributed by atoms with Crippen molar-refractivity contribution in [2.24, 2.45) is 0 Å². The van der Waals surface area contributed by atoms with E-state index >= 15 is 0 Å². The zero-order chi connectivity index (χ0) is 26.8. The zero-order valence-electron chi connectivity index (χ0n) is 22.4. The molecule has 0 radical (unpaired) electrons. The van der Waals surface area contributed by atoms with E-state index in [4.69, 9.17) is 0 Å². The van der Waals surface area contributed by atoms with E-state index in [9.17, 15) is 4.39 Å². The Bertz CT molecular complexity index is 1590. The number of nitrogens with zero attached hydrogens (tertiary/aromatic N) is 1. The molecule has 0 aliphatic carbocycles. The van der Waals surface area contributed by atoms with Crippen molar-refractivity contribution in [1.29, 1.82) is 0 Å². The summed E-state index contributed by atoms with van der Waals surface area (Å²) in [6, 6.07) is 49.2. The van der Waals surface area contributed by atoms with Gasteiger partial charge in [0.05, 0.1) is 0 Å². The number of fused-ring (bicyclic) bond motifs is 1. The van der Waals surface area contributed by atoms with Crippen molar-refractivity contribution >= 4 is 34.1 Å². The van der Waals surface area contributed by atoms with Crippen molar-refractivity contribution in [1.82, 2.24) is 4.57 Å². The Balaban J connectivity index is 1.73. The average molecular weight is 530 g/mol. The predicted molar refractivity (Wildman–Crippen MR) is 168 cm³/mol. The van der Waals surface area contributed by atoms with E-state index in [2.05, 4.69) is 134 Å².